The Bertz CT molecular complexity index is 879. The van der Waals surface area contributed by atoms with Crippen LogP contribution >= 0.6 is 11.8 Å². The summed E-state index contributed by atoms with van der Waals surface area (Å²) in [6.07, 6.45) is 0. The molecule has 134 valence electrons. The minimum Gasteiger partial charge on any atom is -0.411 e. The maximum atomic E-state index is 13.1. The second-order valence-corrected chi connectivity index (χ2v) is 6.57. The van der Waals surface area contributed by atoms with Gasteiger partial charge in [-0.05, 0) is 50.2 Å². The van der Waals surface area contributed by atoms with E-state index in [-0.39, 0.29) is 17.5 Å². The highest BCUT2D eigenvalue weighted by Crippen LogP contribution is 2.24. The Morgan fingerprint density at radius 2 is 1.81 bits per heavy atom. The minimum atomic E-state index is -0.332. The van der Waals surface area contributed by atoms with E-state index in [4.69, 9.17) is 4.42 Å². The van der Waals surface area contributed by atoms with Crippen LogP contribution in [0.4, 0.5) is 10.1 Å². The van der Waals surface area contributed by atoms with Gasteiger partial charge in [0.25, 0.3) is 5.22 Å². The molecule has 1 aromatic heterocycles. The van der Waals surface area contributed by atoms with E-state index in [2.05, 4.69) is 10.2 Å². The van der Waals surface area contributed by atoms with E-state index in [0.717, 1.165) is 11.1 Å². The van der Waals surface area contributed by atoms with Crippen molar-refractivity contribution in [2.24, 2.45) is 0 Å². The van der Waals surface area contributed by atoms with Crippen molar-refractivity contribution in [1.29, 1.82) is 0 Å². The summed E-state index contributed by atoms with van der Waals surface area (Å²) in [7, 11) is 0. The molecule has 0 aliphatic carbocycles. The summed E-state index contributed by atoms with van der Waals surface area (Å²) in [5.74, 6) is 0.131. The summed E-state index contributed by atoms with van der Waals surface area (Å²) in [5.41, 5.74) is 2.64. The van der Waals surface area contributed by atoms with Crippen LogP contribution in [0.25, 0.3) is 11.5 Å². The molecular weight excluding hydrogens is 353 g/mol. The molecule has 2 aromatic carbocycles. The third kappa shape index (κ3) is 4.29. The molecule has 0 bridgehead atoms. The number of hydrogen-bond donors (Lipinski definition) is 0. The SMILES string of the molecule is CCN(C(=O)CSc1nnc(-c2ccc(C)cc2)o1)c1ccc(F)cc1. The van der Waals surface area contributed by atoms with Crippen molar-refractivity contribution < 1.29 is 13.6 Å². The van der Waals surface area contributed by atoms with Crippen molar-refractivity contribution in [3.63, 3.8) is 0 Å². The van der Waals surface area contributed by atoms with Crippen LogP contribution in [0.1, 0.15) is 12.5 Å². The zero-order valence-electron chi connectivity index (χ0n) is 14.5. The van der Waals surface area contributed by atoms with Gasteiger partial charge in [-0.2, -0.15) is 0 Å². The summed E-state index contributed by atoms with van der Waals surface area (Å²) in [5, 5.41) is 8.34. The number of aromatic nitrogens is 2. The molecule has 7 heteroatoms. The van der Waals surface area contributed by atoms with Crippen molar-refractivity contribution in [3.8, 4) is 11.5 Å². The van der Waals surface area contributed by atoms with Gasteiger partial charge in [-0.15, -0.1) is 10.2 Å². The van der Waals surface area contributed by atoms with Gasteiger partial charge in [0.15, 0.2) is 0 Å². The molecule has 5 nitrogen and oxygen atoms in total. The lowest BCUT2D eigenvalue weighted by molar-refractivity contribution is -0.116. The highest BCUT2D eigenvalue weighted by molar-refractivity contribution is 7.99. The molecule has 1 amide bonds. The first-order chi connectivity index (χ1) is 12.6. The fourth-order valence-electron chi connectivity index (χ4n) is 2.41. The third-order valence-corrected chi connectivity index (χ3v) is 4.58. The predicted molar refractivity (Wildman–Crippen MR) is 99.6 cm³/mol. The molecule has 0 saturated heterocycles. The Morgan fingerprint density at radius 3 is 2.46 bits per heavy atom. The van der Waals surface area contributed by atoms with Gasteiger partial charge in [0.05, 0.1) is 5.75 Å². The van der Waals surface area contributed by atoms with E-state index < -0.39 is 0 Å². The van der Waals surface area contributed by atoms with Crippen molar-refractivity contribution in [2.75, 3.05) is 17.2 Å². The number of amides is 1. The Kier molecular flexibility index (Phi) is 5.68. The second kappa shape index (κ2) is 8.14. The normalized spacial score (nSPS) is 10.7. The molecule has 3 rings (SSSR count). The molecular formula is C19H18FN3O2S. The number of anilines is 1. The molecule has 26 heavy (non-hydrogen) atoms. The number of carbonyl (C=O) groups is 1. The standard InChI is InChI=1S/C19H18FN3O2S/c1-3-23(16-10-8-15(20)9-11-16)17(24)12-26-19-22-21-18(25-19)14-6-4-13(2)5-7-14/h4-11H,3,12H2,1-2H3. The topological polar surface area (TPSA) is 59.2 Å². The Labute approximate surface area is 155 Å². The van der Waals surface area contributed by atoms with E-state index in [1.807, 2.05) is 38.1 Å². The first-order valence-electron chi connectivity index (χ1n) is 8.16. The number of carbonyl (C=O) groups excluding carboxylic acids is 1. The quantitative estimate of drug-likeness (QED) is 0.604. The highest BCUT2D eigenvalue weighted by atomic mass is 32.2. The molecule has 0 N–H and O–H groups in total. The Balaban J connectivity index is 1.63. The van der Waals surface area contributed by atoms with Gasteiger partial charge in [-0.3, -0.25) is 4.79 Å². The molecule has 0 aliphatic heterocycles. The number of halogens is 1. The Morgan fingerprint density at radius 1 is 1.12 bits per heavy atom. The lowest BCUT2D eigenvalue weighted by Crippen LogP contribution is -2.32. The number of benzene rings is 2. The molecule has 3 aromatic rings. The van der Waals surface area contributed by atoms with Crippen molar-refractivity contribution in [3.05, 3.63) is 59.9 Å². The smallest absolute Gasteiger partial charge is 0.277 e. The molecule has 1 heterocycles. The summed E-state index contributed by atoms with van der Waals surface area (Å²) in [6, 6.07) is 13.6. The second-order valence-electron chi connectivity index (χ2n) is 5.64. The largest absolute Gasteiger partial charge is 0.411 e. The van der Waals surface area contributed by atoms with Gasteiger partial charge in [0.2, 0.25) is 11.8 Å². The fourth-order valence-corrected chi connectivity index (χ4v) is 3.05. The summed E-state index contributed by atoms with van der Waals surface area (Å²) < 4.78 is 18.7. The maximum absolute atomic E-state index is 13.1. The number of rotatable bonds is 6. The first-order valence-corrected chi connectivity index (χ1v) is 9.14. The van der Waals surface area contributed by atoms with E-state index in [9.17, 15) is 9.18 Å². The Hall–Kier alpha value is -2.67. The van der Waals surface area contributed by atoms with Crippen LogP contribution in [-0.4, -0.2) is 28.4 Å². The molecule has 0 spiro atoms. The van der Waals surface area contributed by atoms with Gasteiger partial charge in [-0.25, -0.2) is 4.39 Å². The van der Waals surface area contributed by atoms with Crippen molar-refractivity contribution in [1.82, 2.24) is 10.2 Å². The van der Waals surface area contributed by atoms with Crippen LogP contribution in [0.15, 0.2) is 58.2 Å². The van der Waals surface area contributed by atoms with Crippen molar-refractivity contribution >= 4 is 23.4 Å². The van der Waals surface area contributed by atoms with Crippen LogP contribution in [-0.2, 0) is 4.79 Å². The van der Waals surface area contributed by atoms with Crippen LogP contribution in [0, 0.1) is 12.7 Å². The fraction of sp³-hybridized carbons (Fsp3) is 0.211. The van der Waals surface area contributed by atoms with Crippen LogP contribution in [0.5, 0.6) is 0 Å². The summed E-state index contributed by atoms with van der Waals surface area (Å²) in [4.78, 5) is 14.1. The van der Waals surface area contributed by atoms with E-state index >= 15 is 0 Å². The number of nitrogens with zero attached hydrogens (tertiary/aromatic N) is 3. The van der Waals surface area contributed by atoms with Gasteiger partial charge in [0.1, 0.15) is 5.82 Å². The molecule has 0 radical (unpaired) electrons. The van der Waals surface area contributed by atoms with Crippen molar-refractivity contribution in [2.45, 2.75) is 19.1 Å². The third-order valence-electron chi connectivity index (χ3n) is 3.78. The number of aryl methyl sites for hydroxylation is 1. The zero-order valence-corrected chi connectivity index (χ0v) is 15.3. The lowest BCUT2D eigenvalue weighted by Gasteiger charge is -2.20. The average molecular weight is 371 g/mol. The van der Waals surface area contributed by atoms with E-state index in [1.54, 1.807) is 17.0 Å². The monoisotopic (exact) mass is 371 g/mol. The summed E-state index contributed by atoms with van der Waals surface area (Å²) >= 11 is 1.18. The molecule has 0 saturated carbocycles. The first kappa shape index (κ1) is 18.1. The van der Waals surface area contributed by atoms with Crippen LogP contribution in [0.3, 0.4) is 0 Å². The molecule has 0 atom stereocenters. The number of thioether (sulfide) groups is 1. The van der Waals surface area contributed by atoms with Gasteiger partial charge < -0.3 is 9.32 Å². The van der Waals surface area contributed by atoms with Gasteiger partial charge in [0, 0.05) is 17.8 Å². The molecule has 0 fully saturated rings. The van der Waals surface area contributed by atoms with Gasteiger partial charge in [-0.1, -0.05) is 29.5 Å². The predicted octanol–water partition coefficient (Wildman–Crippen LogP) is 4.33. The van der Waals surface area contributed by atoms with E-state index in [0.29, 0.717) is 23.3 Å². The lowest BCUT2D eigenvalue weighted by atomic mass is 10.1. The minimum absolute atomic E-state index is 0.112. The zero-order chi connectivity index (χ0) is 18.5. The highest BCUT2D eigenvalue weighted by Gasteiger charge is 2.16. The maximum Gasteiger partial charge on any atom is 0.277 e. The molecule has 0 unspecified atom stereocenters. The van der Waals surface area contributed by atoms with Crippen LogP contribution in [0.2, 0.25) is 0 Å². The average Bonchev–Trinajstić information content (AvgIpc) is 3.12. The van der Waals surface area contributed by atoms with Crippen LogP contribution < -0.4 is 4.90 Å². The van der Waals surface area contributed by atoms with Gasteiger partial charge >= 0.3 is 0 Å². The summed E-state index contributed by atoms with van der Waals surface area (Å²) in [6.45, 7) is 4.36. The van der Waals surface area contributed by atoms with E-state index in [1.165, 1.54) is 23.9 Å². The number of hydrogen-bond acceptors (Lipinski definition) is 5. The molecule has 0 aliphatic rings.